The number of halogens is 3. The quantitative estimate of drug-likeness (QED) is 0.500. The minimum absolute atomic E-state index is 0.0701. The fourth-order valence-electron chi connectivity index (χ4n) is 7.94. The van der Waals surface area contributed by atoms with E-state index < -0.39 is 63.9 Å². The Kier molecular flexibility index (Phi) is 5.49. The van der Waals surface area contributed by atoms with Crippen LogP contribution < -0.4 is 0 Å². The molecule has 0 aliphatic heterocycles. The van der Waals surface area contributed by atoms with Gasteiger partial charge in [-0.3, -0.25) is 14.4 Å². The summed E-state index contributed by atoms with van der Waals surface area (Å²) in [5.74, 6) is -4.91. The number of hydrogen-bond acceptors (Lipinski definition) is 5. The zero-order chi connectivity index (χ0) is 23.8. The monoisotopic (exact) mass is 470 g/mol. The summed E-state index contributed by atoms with van der Waals surface area (Å²) in [5.41, 5.74) is -3.84. The number of aliphatic hydroxyl groups is 1. The molecule has 0 unspecified atom stereocenters. The average molecular weight is 471 g/mol. The zero-order valence-electron chi connectivity index (χ0n) is 18.7. The highest BCUT2D eigenvalue weighted by Crippen LogP contribution is 2.69. The summed E-state index contributed by atoms with van der Waals surface area (Å²) in [6.45, 7) is 6.54. The van der Waals surface area contributed by atoms with Crippen LogP contribution in [0.2, 0.25) is 0 Å². The number of ether oxygens (including phenoxy) is 1. The van der Waals surface area contributed by atoms with Crippen molar-refractivity contribution in [1.29, 1.82) is 0 Å². The summed E-state index contributed by atoms with van der Waals surface area (Å²) in [7, 11) is 0. The number of Topliss-reactive ketones (excluding diaryl/α,β-unsaturated/α-hetero) is 1. The van der Waals surface area contributed by atoms with Gasteiger partial charge in [0.25, 0.3) is 0 Å². The molecule has 0 amide bonds. The van der Waals surface area contributed by atoms with Crippen molar-refractivity contribution < 1.29 is 33.0 Å². The highest BCUT2D eigenvalue weighted by atomic mass is 35.5. The van der Waals surface area contributed by atoms with Gasteiger partial charge in [0, 0.05) is 35.2 Å². The van der Waals surface area contributed by atoms with E-state index in [-0.39, 0.29) is 36.1 Å². The first-order chi connectivity index (χ1) is 14.8. The normalized spacial score (nSPS) is 47.6. The molecule has 4 aliphatic rings. The number of rotatable bonds is 3. The van der Waals surface area contributed by atoms with Gasteiger partial charge in [0.05, 0.1) is 12.0 Å². The molecule has 0 bridgehead atoms. The van der Waals surface area contributed by atoms with Gasteiger partial charge in [-0.05, 0) is 37.2 Å². The predicted molar refractivity (Wildman–Crippen MR) is 113 cm³/mol. The molecule has 0 aromatic carbocycles. The summed E-state index contributed by atoms with van der Waals surface area (Å²) in [4.78, 5) is 37.2. The molecule has 9 atom stereocenters. The van der Waals surface area contributed by atoms with Crippen LogP contribution >= 0.6 is 11.6 Å². The third kappa shape index (κ3) is 2.79. The Labute approximate surface area is 191 Å². The van der Waals surface area contributed by atoms with Crippen molar-refractivity contribution in [3.05, 3.63) is 23.6 Å². The summed E-state index contributed by atoms with van der Waals surface area (Å²) in [5, 5.41) is 11.4. The van der Waals surface area contributed by atoms with Crippen LogP contribution in [0, 0.1) is 34.5 Å². The SMILES string of the molecule is CC(=O)O[C@@]1(C(=O)CCl)[C@@H](C)C[C@H]2[C@@H]3C[C@H](F)C4=C(F)C(=O)C=C[C@]4(C)[C@H]3[C@@H](O)C[C@@]21C. The molecule has 0 aromatic heterocycles. The van der Waals surface area contributed by atoms with Gasteiger partial charge >= 0.3 is 5.97 Å². The minimum atomic E-state index is -1.69. The highest BCUT2D eigenvalue weighted by molar-refractivity contribution is 6.29. The van der Waals surface area contributed by atoms with Gasteiger partial charge in [0.15, 0.2) is 17.2 Å². The standard InChI is InChI=1S/C24H29ClF2O5/c1-11-7-14-13-8-15(26)20-21(27)16(29)5-6-22(20,3)19(13)17(30)9-23(14,4)24(11,18(31)10-25)32-12(2)28/h5-6,11,13-15,17,19,30H,7-10H2,1-4H3/t11-,13-,14-,15-,17-,19+,22+,23-,24+/m0/s1. The maximum absolute atomic E-state index is 15.5. The number of allylic oxidation sites excluding steroid dienone is 4. The van der Waals surface area contributed by atoms with E-state index in [9.17, 15) is 23.9 Å². The van der Waals surface area contributed by atoms with E-state index in [0.717, 1.165) is 6.08 Å². The molecule has 0 saturated heterocycles. The third-order valence-electron chi connectivity index (χ3n) is 8.93. The lowest BCUT2D eigenvalue weighted by Crippen LogP contribution is -2.64. The van der Waals surface area contributed by atoms with Gasteiger partial charge in [0.2, 0.25) is 5.78 Å². The highest BCUT2D eigenvalue weighted by Gasteiger charge is 2.73. The van der Waals surface area contributed by atoms with Crippen LogP contribution in [0.3, 0.4) is 0 Å². The summed E-state index contributed by atoms with van der Waals surface area (Å²) >= 11 is 5.95. The minimum Gasteiger partial charge on any atom is -0.450 e. The van der Waals surface area contributed by atoms with Gasteiger partial charge in [-0.2, -0.15) is 0 Å². The van der Waals surface area contributed by atoms with E-state index in [0.29, 0.717) is 6.42 Å². The Balaban J connectivity index is 1.86. The molecule has 4 rings (SSSR count). The van der Waals surface area contributed by atoms with E-state index in [1.54, 1.807) is 6.92 Å². The molecular weight excluding hydrogens is 442 g/mol. The number of aliphatic hydroxyl groups excluding tert-OH is 1. The zero-order valence-corrected chi connectivity index (χ0v) is 19.4. The second kappa shape index (κ2) is 7.45. The Morgan fingerprint density at radius 3 is 2.56 bits per heavy atom. The lowest BCUT2D eigenvalue weighted by molar-refractivity contribution is -0.202. The summed E-state index contributed by atoms with van der Waals surface area (Å²) in [6.07, 6.45) is 0.445. The number of fused-ring (bicyclic) bond motifs is 5. The first-order valence-corrected chi connectivity index (χ1v) is 11.6. The lowest BCUT2D eigenvalue weighted by atomic mass is 9.45. The predicted octanol–water partition coefficient (Wildman–Crippen LogP) is 3.87. The fourth-order valence-corrected chi connectivity index (χ4v) is 8.14. The molecule has 0 spiro atoms. The van der Waals surface area contributed by atoms with Gasteiger partial charge < -0.3 is 9.84 Å². The number of carbonyl (C=O) groups excluding carboxylic acids is 3. The Bertz CT molecular complexity index is 947. The fraction of sp³-hybridized carbons (Fsp3) is 0.708. The molecule has 3 fully saturated rings. The van der Waals surface area contributed by atoms with Crippen molar-refractivity contribution in [3.63, 3.8) is 0 Å². The van der Waals surface area contributed by atoms with Crippen molar-refractivity contribution in [2.75, 3.05) is 5.88 Å². The molecule has 1 N–H and O–H groups in total. The van der Waals surface area contributed by atoms with Gasteiger partial charge in [-0.15, -0.1) is 11.6 Å². The number of alkyl halides is 2. The van der Waals surface area contributed by atoms with Crippen molar-refractivity contribution >= 4 is 29.1 Å². The van der Waals surface area contributed by atoms with Crippen LogP contribution in [0.15, 0.2) is 23.6 Å². The van der Waals surface area contributed by atoms with Gasteiger partial charge in [-0.1, -0.05) is 26.8 Å². The maximum Gasteiger partial charge on any atom is 0.303 e. The molecule has 3 saturated carbocycles. The molecule has 5 nitrogen and oxygen atoms in total. The van der Waals surface area contributed by atoms with Crippen LogP contribution in [0.1, 0.15) is 47.0 Å². The Morgan fingerprint density at radius 1 is 1.31 bits per heavy atom. The van der Waals surface area contributed by atoms with Crippen LogP contribution in [-0.4, -0.2) is 46.4 Å². The van der Waals surface area contributed by atoms with Crippen molar-refractivity contribution in [1.82, 2.24) is 0 Å². The van der Waals surface area contributed by atoms with Crippen LogP contribution in [0.4, 0.5) is 8.78 Å². The largest absolute Gasteiger partial charge is 0.450 e. The van der Waals surface area contributed by atoms with E-state index in [1.807, 2.05) is 13.8 Å². The Hall–Kier alpha value is -1.60. The molecule has 4 aliphatic carbocycles. The number of hydrogen-bond donors (Lipinski definition) is 1. The first-order valence-electron chi connectivity index (χ1n) is 11.1. The van der Waals surface area contributed by atoms with Gasteiger partial charge in [-0.25, -0.2) is 8.78 Å². The first kappa shape index (κ1) is 23.6. The molecule has 32 heavy (non-hydrogen) atoms. The molecular formula is C24H29ClF2O5. The van der Waals surface area contributed by atoms with Crippen LogP contribution in [0.25, 0.3) is 0 Å². The lowest BCUT2D eigenvalue weighted by Gasteiger charge is -2.60. The molecule has 8 heteroatoms. The van der Waals surface area contributed by atoms with E-state index >= 15 is 4.39 Å². The smallest absolute Gasteiger partial charge is 0.303 e. The Morgan fingerprint density at radius 2 is 1.97 bits per heavy atom. The van der Waals surface area contributed by atoms with Gasteiger partial charge in [0.1, 0.15) is 6.17 Å². The molecule has 0 heterocycles. The van der Waals surface area contributed by atoms with E-state index in [4.69, 9.17) is 16.3 Å². The summed E-state index contributed by atoms with van der Waals surface area (Å²) in [6, 6.07) is 0. The van der Waals surface area contributed by atoms with Crippen molar-refractivity contribution in [3.8, 4) is 0 Å². The van der Waals surface area contributed by atoms with E-state index in [2.05, 4.69) is 0 Å². The number of ketones is 2. The molecule has 176 valence electrons. The van der Waals surface area contributed by atoms with Crippen LogP contribution in [-0.2, 0) is 19.1 Å². The van der Waals surface area contributed by atoms with E-state index in [1.165, 1.54) is 13.0 Å². The molecule has 0 radical (unpaired) electrons. The second-order valence-electron chi connectivity index (χ2n) is 10.4. The maximum atomic E-state index is 15.5. The third-order valence-corrected chi connectivity index (χ3v) is 9.18. The average Bonchev–Trinajstić information content (AvgIpc) is 2.91. The second-order valence-corrected chi connectivity index (χ2v) is 10.7. The van der Waals surface area contributed by atoms with Crippen molar-refractivity contribution in [2.24, 2.45) is 34.5 Å². The van der Waals surface area contributed by atoms with Crippen LogP contribution in [0.5, 0.6) is 0 Å². The summed E-state index contributed by atoms with van der Waals surface area (Å²) < 4.78 is 36.0. The number of esters is 1. The molecule has 0 aromatic rings. The van der Waals surface area contributed by atoms with Crippen molar-refractivity contribution in [2.45, 2.75) is 64.8 Å². The number of carbonyl (C=O) groups is 3. The topological polar surface area (TPSA) is 80.7 Å².